The van der Waals surface area contributed by atoms with Crippen molar-refractivity contribution in [3.05, 3.63) is 0 Å². The molecule has 0 aromatic carbocycles. The van der Waals surface area contributed by atoms with E-state index < -0.39 is 0 Å². The lowest BCUT2D eigenvalue weighted by Crippen LogP contribution is -2.23. The molecule has 1 aliphatic rings. The Hall–Kier alpha value is 0.350. The van der Waals surface area contributed by atoms with Gasteiger partial charge in [-0.1, -0.05) is 33.6 Å². The molecule has 2 atom stereocenters. The average molecular weight is 214 g/mol. The molecular formula is C13H26S. The fourth-order valence-corrected chi connectivity index (χ4v) is 3.31. The van der Waals surface area contributed by atoms with Crippen LogP contribution in [0.5, 0.6) is 0 Å². The van der Waals surface area contributed by atoms with Crippen LogP contribution in [-0.4, -0.2) is 11.5 Å². The maximum atomic E-state index is 2.41. The van der Waals surface area contributed by atoms with Gasteiger partial charge in [-0.15, -0.1) is 0 Å². The van der Waals surface area contributed by atoms with E-state index in [2.05, 4.69) is 38.8 Å². The Morgan fingerprint density at radius 2 is 1.57 bits per heavy atom. The summed E-state index contributed by atoms with van der Waals surface area (Å²) in [6.07, 6.45) is 11.0. The molecule has 0 radical (unpaired) electrons. The summed E-state index contributed by atoms with van der Waals surface area (Å²) >= 11 is 2.08. The van der Waals surface area contributed by atoms with Gasteiger partial charge in [0.25, 0.3) is 0 Å². The normalized spacial score (nSPS) is 30.9. The lowest BCUT2D eigenvalue weighted by atomic mass is 9.74. The van der Waals surface area contributed by atoms with Crippen LogP contribution in [0.25, 0.3) is 0 Å². The number of rotatable bonds is 1. The molecule has 0 spiro atoms. The summed E-state index contributed by atoms with van der Waals surface area (Å²) in [7, 11) is 0. The first-order valence-electron chi connectivity index (χ1n) is 6.07. The minimum absolute atomic E-state index is 0.528. The van der Waals surface area contributed by atoms with Gasteiger partial charge >= 0.3 is 0 Å². The van der Waals surface area contributed by atoms with Gasteiger partial charge in [0.2, 0.25) is 0 Å². The first-order chi connectivity index (χ1) is 6.54. The lowest BCUT2D eigenvalue weighted by Gasteiger charge is -2.33. The van der Waals surface area contributed by atoms with Crippen LogP contribution < -0.4 is 0 Å². The zero-order valence-electron chi connectivity index (χ0n) is 10.3. The van der Waals surface area contributed by atoms with Crippen molar-refractivity contribution in [1.29, 1.82) is 0 Å². The molecule has 1 aliphatic carbocycles. The smallest absolute Gasteiger partial charge is 0.00443 e. The fraction of sp³-hybridized carbons (Fsp3) is 1.00. The van der Waals surface area contributed by atoms with Crippen LogP contribution in [0.15, 0.2) is 0 Å². The van der Waals surface area contributed by atoms with Gasteiger partial charge in [0, 0.05) is 5.25 Å². The molecule has 1 saturated carbocycles. The SMILES string of the molecule is CSC1CCCCC(C(C)(C)C)CC1. The van der Waals surface area contributed by atoms with E-state index in [1.54, 1.807) is 0 Å². The Labute approximate surface area is 94.2 Å². The molecule has 1 fully saturated rings. The van der Waals surface area contributed by atoms with Crippen molar-refractivity contribution in [3.63, 3.8) is 0 Å². The highest BCUT2D eigenvalue weighted by molar-refractivity contribution is 7.99. The van der Waals surface area contributed by atoms with E-state index in [4.69, 9.17) is 0 Å². The van der Waals surface area contributed by atoms with E-state index >= 15 is 0 Å². The van der Waals surface area contributed by atoms with E-state index in [1.165, 1.54) is 38.5 Å². The molecule has 1 heteroatoms. The Morgan fingerprint density at radius 3 is 2.14 bits per heavy atom. The van der Waals surface area contributed by atoms with Gasteiger partial charge in [-0.3, -0.25) is 0 Å². The van der Waals surface area contributed by atoms with Crippen molar-refractivity contribution < 1.29 is 0 Å². The van der Waals surface area contributed by atoms with Gasteiger partial charge in [-0.25, -0.2) is 0 Å². The third kappa shape index (κ3) is 3.84. The first-order valence-corrected chi connectivity index (χ1v) is 7.35. The highest BCUT2D eigenvalue weighted by Gasteiger charge is 2.26. The third-order valence-corrected chi connectivity index (χ3v) is 4.86. The highest BCUT2D eigenvalue weighted by Crippen LogP contribution is 2.37. The molecule has 0 nitrogen and oxygen atoms in total. The van der Waals surface area contributed by atoms with E-state index in [0.717, 1.165) is 11.2 Å². The molecular weight excluding hydrogens is 188 g/mol. The number of thioether (sulfide) groups is 1. The minimum atomic E-state index is 0.528. The van der Waals surface area contributed by atoms with Gasteiger partial charge < -0.3 is 0 Å². The van der Waals surface area contributed by atoms with E-state index in [-0.39, 0.29) is 0 Å². The zero-order chi connectivity index (χ0) is 10.6. The Kier molecular flexibility index (Phi) is 4.82. The van der Waals surface area contributed by atoms with Crippen molar-refractivity contribution in [2.75, 3.05) is 6.26 Å². The molecule has 0 aromatic heterocycles. The van der Waals surface area contributed by atoms with Crippen LogP contribution in [0.3, 0.4) is 0 Å². The molecule has 0 aromatic rings. The Bertz CT molecular complexity index is 157. The zero-order valence-corrected chi connectivity index (χ0v) is 11.1. The molecule has 84 valence electrons. The van der Waals surface area contributed by atoms with Crippen molar-refractivity contribution in [3.8, 4) is 0 Å². The van der Waals surface area contributed by atoms with Crippen LogP contribution in [0.2, 0.25) is 0 Å². The fourth-order valence-electron chi connectivity index (χ4n) is 2.54. The molecule has 0 bridgehead atoms. The Balaban J connectivity index is 2.46. The van der Waals surface area contributed by atoms with Crippen molar-refractivity contribution in [2.24, 2.45) is 11.3 Å². The van der Waals surface area contributed by atoms with Gasteiger partial charge in [-0.05, 0) is 43.3 Å². The number of hydrogen-bond acceptors (Lipinski definition) is 1. The molecule has 0 amide bonds. The average Bonchev–Trinajstić information content (AvgIpc) is 2.01. The molecule has 0 N–H and O–H groups in total. The minimum Gasteiger partial charge on any atom is -0.162 e. The molecule has 0 heterocycles. The summed E-state index contributed by atoms with van der Waals surface area (Å²) in [4.78, 5) is 0. The van der Waals surface area contributed by atoms with E-state index in [0.29, 0.717) is 5.41 Å². The van der Waals surface area contributed by atoms with Gasteiger partial charge in [0.05, 0.1) is 0 Å². The molecule has 1 rings (SSSR count). The monoisotopic (exact) mass is 214 g/mol. The first kappa shape index (κ1) is 12.4. The van der Waals surface area contributed by atoms with Gasteiger partial charge in [-0.2, -0.15) is 11.8 Å². The van der Waals surface area contributed by atoms with Gasteiger partial charge in [0.15, 0.2) is 0 Å². The van der Waals surface area contributed by atoms with Crippen LogP contribution >= 0.6 is 11.8 Å². The molecule has 0 aliphatic heterocycles. The van der Waals surface area contributed by atoms with Crippen LogP contribution in [-0.2, 0) is 0 Å². The molecule has 14 heavy (non-hydrogen) atoms. The van der Waals surface area contributed by atoms with Crippen molar-refractivity contribution in [2.45, 2.75) is 64.5 Å². The topological polar surface area (TPSA) is 0 Å². The standard InChI is InChI=1S/C13H26S/c1-13(2,3)11-7-5-6-8-12(14-4)10-9-11/h11-12H,5-10H2,1-4H3. The predicted octanol–water partition coefficient (Wildman–Crippen LogP) is 4.73. The number of hydrogen-bond donors (Lipinski definition) is 0. The second-order valence-electron chi connectivity index (χ2n) is 5.78. The highest BCUT2D eigenvalue weighted by atomic mass is 32.2. The van der Waals surface area contributed by atoms with Crippen LogP contribution in [0.1, 0.15) is 59.3 Å². The molecule has 0 saturated heterocycles. The third-order valence-electron chi connectivity index (χ3n) is 3.72. The van der Waals surface area contributed by atoms with Crippen molar-refractivity contribution >= 4 is 11.8 Å². The van der Waals surface area contributed by atoms with E-state index in [1.807, 2.05) is 0 Å². The maximum Gasteiger partial charge on any atom is 0.00443 e. The maximum absolute atomic E-state index is 2.41. The molecule has 2 unspecified atom stereocenters. The summed E-state index contributed by atoms with van der Waals surface area (Å²) in [6.45, 7) is 7.23. The quantitative estimate of drug-likeness (QED) is 0.608. The van der Waals surface area contributed by atoms with Gasteiger partial charge in [0.1, 0.15) is 0 Å². The summed E-state index contributed by atoms with van der Waals surface area (Å²) in [6, 6.07) is 0. The second-order valence-corrected chi connectivity index (χ2v) is 6.92. The summed E-state index contributed by atoms with van der Waals surface area (Å²) < 4.78 is 0. The van der Waals surface area contributed by atoms with Crippen molar-refractivity contribution in [1.82, 2.24) is 0 Å². The van der Waals surface area contributed by atoms with E-state index in [9.17, 15) is 0 Å². The van der Waals surface area contributed by atoms with Crippen LogP contribution in [0, 0.1) is 11.3 Å². The van der Waals surface area contributed by atoms with Crippen LogP contribution in [0.4, 0.5) is 0 Å². The lowest BCUT2D eigenvalue weighted by molar-refractivity contribution is 0.195. The largest absolute Gasteiger partial charge is 0.162 e. The summed E-state index contributed by atoms with van der Waals surface area (Å²) in [5, 5.41) is 0.945. The second kappa shape index (κ2) is 5.44. The summed E-state index contributed by atoms with van der Waals surface area (Å²) in [5.74, 6) is 0.956. The predicted molar refractivity (Wildman–Crippen MR) is 68.0 cm³/mol. The Morgan fingerprint density at radius 1 is 0.929 bits per heavy atom. The summed E-state index contributed by atoms with van der Waals surface area (Å²) in [5.41, 5.74) is 0.528.